The Morgan fingerprint density at radius 3 is 2.81 bits per heavy atom. The molecule has 7 heteroatoms. The second-order valence-corrected chi connectivity index (χ2v) is 7.01. The van der Waals surface area contributed by atoms with Gasteiger partial charge >= 0.3 is 0 Å². The van der Waals surface area contributed by atoms with E-state index < -0.39 is 0 Å². The first-order valence-corrected chi connectivity index (χ1v) is 10.3. The smallest absolute Gasteiger partial charge is 0.237 e. The van der Waals surface area contributed by atoms with Gasteiger partial charge in [-0.2, -0.15) is 5.26 Å². The topological polar surface area (TPSA) is 95.0 Å². The molecule has 0 spiro atoms. The van der Waals surface area contributed by atoms with Crippen molar-refractivity contribution in [3.05, 3.63) is 65.7 Å². The van der Waals surface area contributed by atoms with Crippen molar-refractivity contribution in [1.82, 2.24) is 14.9 Å². The zero-order valence-electron chi connectivity index (χ0n) is 18.7. The summed E-state index contributed by atoms with van der Waals surface area (Å²) in [5, 5.41) is 11.8. The number of nitrogens with one attached hydrogen (secondary N) is 1. The monoisotopic (exact) mass is 419 g/mol. The van der Waals surface area contributed by atoms with E-state index in [2.05, 4.69) is 28.4 Å². The molecule has 0 fully saturated rings. The van der Waals surface area contributed by atoms with E-state index in [1.807, 2.05) is 52.0 Å². The largest absolute Gasteiger partial charge is 0.459 e. The normalized spacial score (nSPS) is 12.4. The summed E-state index contributed by atoms with van der Waals surface area (Å²) < 4.78 is 6.03. The van der Waals surface area contributed by atoms with Crippen LogP contribution in [0.1, 0.15) is 44.1 Å². The summed E-state index contributed by atoms with van der Waals surface area (Å²) in [6.45, 7) is 16.6. The lowest BCUT2D eigenvalue weighted by Gasteiger charge is -2.25. The molecule has 0 aromatic carbocycles. The van der Waals surface area contributed by atoms with Crippen LogP contribution in [0.15, 0.2) is 53.3 Å². The predicted molar refractivity (Wildman–Crippen MR) is 122 cm³/mol. The van der Waals surface area contributed by atoms with Gasteiger partial charge in [-0.3, -0.25) is 4.79 Å². The minimum atomic E-state index is -0.160. The molecule has 162 valence electrons. The number of fused-ring (bicyclic) bond motifs is 1. The summed E-state index contributed by atoms with van der Waals surface area (Å²) >= 11 is 0. The lowest BCUT2D eigenvalue weighted by molar-refractivity contribution is -0.131. The molecule has 0 saturated carbocycles. The Balaban J connectivity index is 0.00000166. The number of hydrogen-bond donors (Lipinski definition) is 1. The molecular formula is C24H29N5O2. The van der Waals surface area contributed by atoms with Gasteiger partial charge in [0.1, 0.15) is 17.9 Å². The molecule has 1 aliphatic rings. The lowest BCUT2D eigenvalue weighted by atomic mass is 10.1. The van der Waals surface area contributed by atoms with Gasteiger partial charge in [-0.1, -0.05) is 38.7 Å². The van der Waals surface area contributed by atoms with Crippen LogP contribution in [0.25, 0.3) is 11.5 Å². The molecule has 31 heavy (non-hydrogen) atoms. The molecule has 0 unspecified atom stereocenters. The minimum Gasteiger partial charge on any atom is -0.459 e. The fourth-order valence-corrected chi connectivity index (χ4v) is 3.02. The van der Waals surface area contributed by atoms with Crippen LogP contribution in [-0.4, -0.2) is 27.3 Å². The maximum Gasteiger partial charge on any atom is 0.237 e. The van der Waals surface area contributed by atoms with Crippen molar-refractivity contribution in [2.24, 2.45) is 0 Å². The second-order valence-electron chi connectivity index (χ2n) is 7.01. The SMILES string of the molecule is C=C(C)/C=C\C(=C)Nc1ncc(C)c(-c2cc3c(o2)CCN(C(=O)CC#N)C3)n1.CC. The van der Waals surface area contributed by atoms with Gasteiger partial charge in [0.15, 0.2) is 5.76 Å². The Hall–Kier alpha value is -3.66. The standard InChI is InChI=1S/C22H23N5O2.C2H6/c1-14(2)5-6-16(4)25-22-24-12-15(3)21(26-22)19-11-17-13-27(20(28)7-9-23)10-8-18(17)29-19;1-2/h5-6,11-12H,1,4,7-8,10,13H2,2-3H3,(H,24,25,26);1-2H3/b6-5-;. The lowest BCUT2D eigenvalue weighted by Crippen LogP contribution is -2.35. The molecule has 3 heterocycles. The van der Waals surface area contributed by atoms with E-state index >= 15 is 0 Å². The van der Waals surface area contributed by atoms with Gasteiger partial charge in [0.2, 0.25) is 11.9 Å². The van der Waals surface area contributed by atoms with Crippen LogP contribution in [0.5, 0.6) is 0 Å². The molecule has 0 bridgehead atoms. The number of hydrogen-bond acceptors (Lipinski definition) is 6. The first-order valence-electron chi connectivity index (χ1n) is 10.3. The van der Waals surface area contributed by atoms with Crippen LogP contribution >= 0.6 is 0 Å². The molecule has 2 aromatic rings. The molecule has 3 rings (SSSR count). The van der Waals surface area contributed by atoms with Crippen LogP contribution in [0, 0.1) is 18.3 Å². The zero-order chi connectivity index (χ0) is 23.0. The summed E-state index contributed by atoms with van der Waals surface area (Å²) in [5.74, 6) is 1.74. The fraction of sp³-hybridized carbons (Fsp3) is 0.333. The van der Waals surface area contributed by atoms with Crippen molar-refractivity contribution in [2.45, 2.75) is 47.1 Å². The second kappa shape index (κ2) is 10.9. The Morgan fingerprint density at radius 2 is 2.13 bits per heavy atom. The van der Waals surface area contributed by atoms with Gasteiger partial charge in [-0.25, -0.2) is 9.97 Å². The fourth-order valence-electron chi connectivity index (χ4n) is 3.02. The number of furan rings is 1. The third-order valence-electron chi connectivity index (χ3n) is 4.50. The van der Waals surface area contributed by atoms with Crippen molar-refractivity contribution < 1.29 is 9.21 Å². The molecular weight excluding hydrogens is 390 g/mol. The quantitative estimate of drug-likeness (QED) is 0.667. The number of aromatic nitrogens is 2. The van der Waals surface area contributed by atoms with Crippen molar-refractivity contribution in [1.29, 1.82) is 5.26 Å². The summed E-state index contributed by atoms with van der Waals surface area (Å²) in [6, 6.07) is 3.82. The van der Waals surface area contributed by atoms with E-state index in [0.717, 1.165) is 22.5 Å². The number of nitrogens with zero attached hydrogens (tertiary/aromatic N) is 4. The minimum absolute atomic E-state index is 0.107. The van der Waals surface area contributed by atoms with Gasteiger partial charge in [0.05, 0.1) is 6.07 Å². The van der Waals surface area contributed by atoms with Crippen LogP contribution in [0.3, 0.4) is 0 Å². The highest BCUT2D eigenvalue weighted by molar-refractivity contribution is 5.78. The molecule has 1 N–H and O–H groups in total. The highest BCUT2D eigenvalue weighted by Crippen LogP contribution is 2.30. The van der Waals surface area contributed by atoms with Gasteiger partial charge in [-0.15, -0.1) is 0 Å². The third-order valence-corrected chi connectivity index (χ3v) is 4.50. The molecule has 7 nitrogen and oxygen atoms in total. The van der Waals surface area contributed by atoms with E-state index in [1.54, 1.807) is 11.1 Å². The number of aryl methyl sites for hydroxylation is 1. The van der Waals surface area contributed by atoms with E-state index in [1.165, 1.54) is 0 Å². The third kappa shape index (κ3) is 6.16. The Kier molecular flexibility index (Phi) is 8.33. The van der Waals surface area contributed by atoms with Gasteiger partial charge in [0.25, 0.3) is 0 Å². The average molecular weight is 420 g/mol. The summed E-state index contributed by atoms with van der Waals surface area (Å²) in [6.07, 6.45) is 5.90. The maximum absolute atomic E-state index is 12.0. The highest BCUT2D eigenvalue weighted by Gasteiger charge is 2.25. The number of amides is 1. The maximum atomic E-state index is 12.0. The average Bonchev–Trinajstić information content (AvgIpc) is 3.18. The molecule has 2 aromatic heterocycles. The van der Waals surface area contributed by atoms with E-state index in [9.17, 15) is 4.79 Å². The molecule has 0 saturated heterocycles. The molecule has 0 atom stereocenters. The Labute approximate surface area is 183 Å². The highest BCUT2D eigenvalue weighted by atomic mass is 16.3. The molecule has 0 radical (unpaired) electrons. The Bertz CT molecular complexity index is 1040. The van der Waals surface area contributed by atoms with Crippen molar-refractivity contribution in [2.75, 3.05) is 11.9 Å². The number of anilines is 1. The number of carbonyl (C=O) groups is 1. The summed E-state index contributed by atoms with van der Waals surface area (Å²) in [4.78, 5) is 22.6. The van der Waals surface area contributed by atoms with Crippen LogP contribution in [0.2, 0.25) is 0 Å². The Morgan fingerprint density at radius 1 is 1.39 bits per heavy atom. The first-order chi connectivity index (χ1) is 14.9. The van der Waals surface area contributed by atoms with Crippen molar-refractivity contribution in [3.8, 4) is 17.5 Å². The summed E-state index contributed by atoms with van der Waals surface area (Å²) in [5.41, 5.74) is 4.07. The van der Waals surface area contributed by atoms with Crippen molar-refractivity contribution in [3.63, 3.8) is 0 Å². The van der Waals surface area contributed by atoms with Gasteiger partial charge in [0, 0.05) is 37.0 Å². The first kappa shape index (κ1) is 23.6. The molecule has 1 amide bonds. The van der Waals surface area contributed by atoms with E-state index in [0.29, 0.717) is 42.6 Å². The van der Waals surface area contributed by atoms with E-state index in [-0.39, 0.29) is 12.3 Å². The number of rotatable bonds is 6. The zero-order valence-corrected chi connectivity index (χ0v) is 18.7. The predicted octanol–water partition coefficient (Wildman–Crippen LogP) is 4.93. The van der Waals surface area contributed by atoms with E-state index in [4.69, 9.17) is 9.68 Å². The van der Waals surface area contributed by atoms with Gasteiger partial charge < -0.3 is 14.6 Å². The van der Waals surface area contributed by atoms with Crippen LogP contribution in [0.4, 0.5) is 5.95 Å². The molecule has 0 aliphatic carbocycles. The van der Waals surface area contributed by atoms with Crippen molar-refractivity contribution >= 4 is 11.9 Å². The van der Waals surface area contributed by atoms with Gasteiger partial charge in [-0.05, 0) is 31.6 Å². The number of allylic oxidation sites excluding steroid dienone is 3. The summed E-state index contributed by atoms with van der Waals surface area (Å²) in [7, 11) is 0. The number of carbonyl (C=O) groups excluding carboxylic acids is 1. The van der Waals surface area contributed by atoms with Crippen LogP contribution < -0.4 is 5.32 Å². The van der Waals surface area contributed by atoms with Crippen LogP contribution in [-0.2, 0) is 17.8 Å². The molecule has 1 aliphatic heterocycles. The number of nitriles is 1.